The SMILES string of the molecule is NCCn1cc(C(=O)N2CCC3(Cc4c(N)nc(N)nc4O3)C2)nn1. The zero-order chi connectivity index (χ0) is 17.6. The molecule has 0 aromatic carbocycles. The Morgan fingerprint density at radius 2 is 2.20 bits per heavy atom. The van der Waals surface area contributed by atoms with Gasteiger partial charge in [-0.05, 0) is 0 Å². The van der Waals surface area contributed by atoms with Crippen LogP contribution in [0.15, 0.2) is 6.20 Å². The van der Waals surface area contributed by atoms with E-state index in [4.69, 9.17) is 21.9 Å². The number of nitrogen functional groups attached to an aromatic ring is 2. The van der Waals surface area contributed by atoms with Crippen LogP contribution in [0.2, 0.25) is 0 Å². The Morgan fingerprint density at radius 1 is 1.36 bits per heavy atom. The summed E-state index contributed by atoms with van der Waals surface area (Å²) in [4.78, 5) is 22.4. The number of aromatic nitrogens is 5. The van der Waals surface area contributed by atoms with Gasteiger partial charge in [-0.2, -0.15) is 9.97 Å². The molecular formula is C14H19N9O2. The fraction of sp³-hybridized carbons (Fsp3) is 0.500. The minimum atomic E-state index is -0.540. The number of anilines is 2. The van der Waals surface area contributed by atoms with Crippen molar-refractivity contribution in [2.45, 2.75) is 25.0 Å². The normalized spacial score (nSPS) is 21.6. The van der Waals surface area contributed by atoms with Gasteiger partial charge < -0.3 is 26.8 Å². The molecular weight excluding hydrogens is 326 g/mol. The third-order valence-electron chi connectivity index (χ3n) is 4.55. The Balaban J connectivity index is 1.50. The van der Waals surface area contributed by atoms with Gasteiger partial charge in [0.15, 0.2) is 5.69 Å². The van der Waals surface area contributed by atoms with Crippen molar-refractivity contribution in [2.75, 3.05) is 31.1 Å². The smallest absolute Gasteiger partial charge is 0.276 e. The Hall–Kier alpha value is -2.95. The molecule has 1 amide bonds. The van der Waals surface area contributed by atoms with Crippen molar-refractivity contribution in [1.29, 1.82) is 0 Å². The highest BCUT2D eigenvalue weighted by Gasteiger charge is 2.48. The molecule has 0 saturated carbocycles. The summed E-state index contributed by atoms with van der Waals surface area (Å²) in [5.41, 5.74) is 17.5. The van der Waals surface area contributed by atoms with Crippen molar-refractivity contribution in [1.82, 2.24) is 29.9 Å². The molecule has 2 aliphatic heterocycles. The highest BCUT2D eigenvalue weighted by molar-refractivity contribution is 5.92. The van der Waals surface area contributed by atoms with Gasteiger partial charge in [-0.25, -0.2) is 0 Å². The minimum absolute atomic E-state index is 0.0794. The number of rotatable bonds is 3. The summed E-state index contributed by atoms with van der Waals surface area (Å²) in [5, 5.41) is 7.83. The molecule has 4 rings (SSSR count). The summed E-state index contributed by atoms with van der Waals surface area (Å²) < 4.78 is 7.57. The molecule has 1 atom stereocenters. The number of carbonyl (C=O) groups excluding carboxylic acids is 1. The highest BCUT2D eigenvalue weighted by atomic mass is 16.5. The van der Waals surface area contributed by atoms with Crippen LogP contribution in [-0.4, -0.2) is 61.0 Å². The molecule has 1 spiro atoms. The standard InChI is InChI=1S/C14H19N9O2/c15-2-4-23-6-9(20-21-23)12(24)22-3-1-14(7-22)5-8-10(16)18-13(17)19-11(8)25-14/h6H,1-5,7,15H2,(H4,16,17,18,19). The largest absolute Gasteiger partial charge is 0.468 e. The third-order valence-corrected chi connectivity index (χ3v) is 4.55. The molecule has 2 aromatic rings. The quantitative estimate of drug-likeness (QED) is 0.594. The molecule has 1 fully saturated rings. The van der Waals surface area contributed by atoms with Gasteiger partial charge in [-0.1, -0.05) is 5.21 Å². The van der Waals surface area contributed by atoms with E-state index < -0.39 is 5.60 Å². The maximum Gasteiger partial charge on any atom is 0.276 e. The lowest BCUT2D eigenvalue weighted by atomic mass is 9.97. The van der Waals surface area contributed by atoms with Gasteiger partial charge in [-0.3, -0.25) is 9.48 Å². The van der Waals surface area contributed by atoms with Crippen LogP contribution >= 0.6 is 0 Å². The molecule has 132 valence electrons. The number of amides is 1. The van der Waals surface area contributed by atoms with Crippen LogP contribution in [-0.2, 0) is 13.0 Å². The predicted octanol–water partition coefficient (Wildman–Crippen LogP) is -1.59. The van der Waals surface area contributed by atoms with Gasteiger partial charge >= 0.3 is 0 Å². The average Bonchev–Trinajstić information content (AvgIpc) is 3.26. The van der Waals surface area contributed by atoms with Crippen molar-refractivity contribution in [2.24, 2.45) is 5.73 Å². The lowest BCUT2D eigenvalue weighted by molar-refractivity contribution is 0.0679. The maximum atomic E-state index is 12.6. The van der Waals surface area contributed by atoms with Crippen molar-refractivity contribution >= 4 is 17.7 Å². The second kappa shape index (κ2) is 5.55. The number of fused-ring (bicyclic) bond motifs is 1. The molecule has 11 nitrogen and oxygen atoms in total. The van der Waals surface area contributed by atoms with Gasteiger partial charge in [0, 0.05) is 25.9 Å². The first-order valence-electron chi connectivity index (χ1n) is 8.00. The second-order valence-electron chi connectivity index (χ2n) is 6.34. The number of hydrogen-bond donors (Lipinski definition) is 3. The van der Waals surface area contributed by atoms with Gasteiger partial charge in [-0.15, -0.1) is 5.10 Å². The Bertz CT molecular complexity index is 836. The van der Waals surface area contributed by atoms with E-state index >= 15 is 0 Å². The van der Waals surface area contributed by atoms with E-state index in [1.807, 2.05) is 0 Å². The van der Waals surface area contributed by atoms with Gasteiger partial charge in [0.05, 0.1) is 24.8 Å². The molecule has 4 heterocycles. The molecule has 11 heteroatoms. The van der Waals surface area contributed by atoms with Gasteiger partial charge in [0.25, 0.3) is 5.91 Å². The Morgan fingerprint density at radius 3 is 3.00 bits per heavy atom. The lowest BCUT2D eigenvalue weighted by Crippen LogP contribution is -2.39. The zero-order valence-corrected chi connectivity index (χ0v) is 13.6. The Kier molecular flexibility index (Phi) is 3.46. The fourth-order valence-electron chi connectivity index (χ4n) is 3.36. The van der Waals surface area contributed by atoms with Crippen LogP contribution in [0.25, 0.3) is 0 Å². The molecule has 1 saturated heterocycles. The average molecular weight is 345 g/mol. The Labute approximate surface area is 143 Å². The number of likely N-dealkylation sites (tertiary alicyclic amines) is 1. The molecule has 1 unspecified atom stereocenters. The summed E-state index contributed by atoms with van der Waals surface area (Å²) >= 11 is 0. The molecule has 0 radical (unpaired) electrons. The van der Waals surface area contributed by atoms with Gasteiger partial charge in [0.1, 0.15) is 11.4 Å². The van der Waals surface area contributed by atoms with E-state index in [0.717, 1.165) is 5.56 Å². The number of hydrogen-bond acceptors (Lipinski definition) is 9. The first-order chi connectivity index (χ1) is 12.0. The van der Waals surface area contributed by atoms with Crippen LogP contribution in [0.4, 0.5) is 11.8 Å². The van der Waals surface area contributed by atoms with Crippen molar-refractivity contribution in [3.05, 3.63) is 17.5 Å². The number of nitrogens with zero attached hydrogens (tertiary/aromatic N) is 6. The van der Waals surface area contributed by atoms with E-state index in [0.29, 0.717) is 56.4 Å². The molecule has 0 aliphatic carbocycles. The molecule has 0 bridgehead atoms. The molecule has 6 N–H and O–H groups in total. The van der Waals surface area contributed by atoms with Crippen molar-refractivity contribution < 1.29 is 9.53 Å². The second-order valence-corrected chi connectivity index (χ2v) is 6.34. The maximum absolute atomic E-state index is 12.6. The van der Waals surface area contributed by atoms with Crippen molar-refractivity contribution in [3.63, 3.8) is 0 Å². The summed E-state index contributed by atoms with van der Waals surface area (Å²) in [6.07, 6.45) is 2.83. The van der Waals surface area contributed by atoms with E-state index in [1.165, 1.54) is 0 Å². The molecule has 2 aromatic heterocycles. The van der Waals surface area contributed by atoms with Crippen LogP contribution < -0.4 is 21.9 Å². The highest BCUT2D eigenvalue weighted by Crippen LogP contribution is 2.41. The molecule has 2 aliphatic rings. The van der Waals surface area contributed by atoms with E-state index in [9.17, 15) is 4.79 Å². The number of ether oxygens (including phenoxy) is 1. The summed E-state index contributed by atoms with van der Waals surface area (Å²) in [5.74, 6) is 0.635. The van der Waals surface area contributed by atoms with Gasteiger partial charge in [0.2, 0.25) is 11.8 Å². The minimum Gasteiger partial charge on any atom is -0.468 e. The lowest BCUT2D eigenvalue weighted by Gasteiger charge is -2.23. The zero-order valence-electron chi connectivity index (χ0n) is 13.6. The van der Waals surface area contributed by atoms with E-state index in [1.54, 1.807) is 15.8 Å². The third kappa shape index (κ3) is 2.61. The predicted molar refractivity (Wildman–Crippen MR) is 87.5 cm³/mol. The van der Waals surface area contributed by atoms with Crippen LogP contribution in [0, 0.1) is 0 Å². The van der Waals surface area contributed by atoms with E-state index in [2.05, 4.69) is 20.3 Å². The topological polar surface area (TPSA) is 164 Å². The van der Waals surface area contributed by atoms with Crippen LogP contribution in [0.3, 0.4) is 0 Å². The summed E-state index contributed by atoms with van der Waals surface area (Å²) in [6, 6.07) is 0. The van der Waals surface area contributed by atoms with Crippen LogP contribution in [0.5, 0.6) is 5.88 Å². The first kappa shape index (κ1) is 15.6. The first-order valence-corrected chi connectivity index (χ1v) is 8.00. The van der Waals surface area contributed by atoms with Crippen LogP contribution in [0.1, 0.15) is 22.5 Å². The monoisotopic (exact) mass is 345 g/mol. The number of nitrogens with two attached hydrogens (primary N) is 3. The van der Waals surface area contributed by atoms with E-state index in [-0.39, 0.29) is 11.9 Å². The fourth-order valence-corrected chi connectivity index (χ4v) is 3.36. The number of carbonyl (C=O) groups is 1. The van der Waals surface area contributed by atoms with Crippen molar-refractivity contribution in [3.8, 4) is 5.88 Å². The summed E-state index contributed by atoms with van der Waals surface area (Å²) in [7, 11) is 0. The summed E-state index contributed by atoms with van der Waals surface area (Å²) in [6.45, 7) is 1.92. The molecule has 25 heavy (non-hydrogen) atoms.